The summed E-state index contributed by atoms with van der Waals surface area (Å²) in [5.41, 5.74) is 5.33. The average molecular weight is 490 g/mol. The highest BCUT2D eigenvalue weighted by atomic mass is 79.9. The van der Waals surface area contributed by atoms with Gasteiger partial charge in [0.1, 0.15) is 6.04 Å². The molecule has 0 bridgehead atoms. The highest BCUT2D eigenvalue weighted by Gasteiger charge is 2.42. The van der Waals surface area contributed by atoms with Crippen LogP contribution >= 0.6 is 28.1 Å². The second kappa shape index (κ2) is 8.24. The minimum Gasteiger partial charge on any atom is -0.351 e. The van der Waals surface area contributed by atoms with Crippen molar-refractivity contribution in [1.82, 2.24) is 19.9 Å². The zero-order chi connectivity index (χ0) is 21.4. The van der Waals surface area contributed by atoms with Gasteiger partial charge in [0, 0.05) is 46.3 Å². The van der Waals surface area contributed by atoms with Crippen LogP contribution in [0.1, 0.15) is 29.0 Å². The molecule has 3 aromatic heterocycles. The molecule has 0 amide bonds. The van der Waals surface area contributed by atoms with E-state index in [4.69, 9.17) is 12.2 Å². The number of aromatic nitrogens is 3. The first kappa shape index (κ1) is 19.9. The zero-order valence-corrected chi connectivity index (χ0v) is 19.2. The van der Waals surface area contributed by atoms with Gasteiger partial charge in [-0.2, -0.15) is 0 Å². The topological polar surface area (TPSA) is 46.0 Å². The predicted octanol–water partition coefficient (Wildman–Crippen LogP) is 5.52. The molecule has 7 heteroatoms. The van der Waals surface area contributed by atoms with Crippen LogP contribution in [0.15, 0.2) is 89.9 Å². The van der Waals surface area contributed by atoms with Crippen LogP contribution in [-0.4, -0.2) is 19.6 Å². The number of hydrogen-bond donors (Lipinski definition) is 1. The number of pyridine rings is 2. The number of anilines is 1. The maximum Gasteiger partial charge on any atom is 0.174 e. The lowest BCUT2D eigenvalue weighted by Crippen LogP contribution is -2.30. The van der Waals surface area contributed by atoms with Crippen molar-refractivity contribution in [3.05, 3.63) is 107 Å². The van der Waals surface area contributed by atoms with Gasteiger partial charge < -0.3 is 14.8 Å². The molecule has 5 rings (SSSR count). The summed E-state index contributed by atoms with van der Waals surface area (Å²) in [7, 11) is 0. The fourth-order valence-electron chi connectivity index (χ4n) is 4.09. The SMILES string of the molecule is Cc1cc(N2C(=S)N[C@H](c3ccccn3)[C@H]2c2cccn2-c2ccncc2)ccc1Br. The Hall–Kier alpha value is -3.03. The minimum absolute atomic E-state index is 0.0776. The molecule has 1 aliphatic heterocycles. The van der Waals surface area contributed by atoms with E-state index in [0.29, 0.717) is 5.11 Å². The molecule has 0 aliphatic carbocycles. The molecular formula is C24H20BrN5S. The largest absolute Gasteiger partial charge is 0.351 e. The summed E-state index contributed by atoms with van der Waals surface area (Å²) in [6.45, 7) is 2.09. The van der Waals surface area contributed by atoms with Gasteiger partial charge in [0.05, 0.1) is 11.7 Å². The number of hydrogen-bond acceptors (Lipinski definition) is 3. The summed E-state index contributed by atoms with van der Waals surface area (Å²) in [4.78, 5) is 11.0. The Labute approximate surface area is 194 Å². The molecule has 154 valence electrons. The van der Waals surface area contributed by atoms with Crippen molar-refractivity contribution in [2.45, 2.75) is 19.0 Å². The number of nitrogens with one attached hydrogen (secondary N) is 1. The maximum absolute atomic E-state index is 5.84. The number of nitrogens with zero attached hydrogens (tertiary/aromatic N) is 4. The fraction of sp³-hybridized carbons (Fsp3) is 0.125. The summed E-state index contributed by atoms with van der Waals surface area (Å²) in [6, 6.07) is 20.4. The summed E-state index contributed by atoms with van der Waals surface area (Å²) >= 11 is 9.45. The number of halogens is 1. The molecular weight excluding hydrogens is 470 g/mol. The van der Waals surface area contributed by atoms with Crippen molar-refractivity contribution in [2.75, 3.05) is 4.90 Å². The Morgan fingerprint density at radius 3 is 2.55 bits per heavy atom. The molecule has 1 N–H and O–H groups in total. The van der Waals surface area contributed by atoms with E-state index >= 15 is 0 Å². The molecule has 5 nitrogen and oxygen atoms in total. The third-order valence-electron chi connectivity index (χ3n) is 5.54. The van der Waals surface area contributed by atoms with Crippen LogP contribution in [0.5, 0.6) is 0 Å². The van der Waals surface area contributed by atoms with Crippen LogP contribution in [0.3, 0.4) is 0 Å². The third kappa shape index (κ3) is 3.64. The molecule has 0 spiro atoms. The van der Waals surface area contributed by atoms with E-state index in [2.05, 4.69) is 84.1 Å². The quantitative estimate of drug-likeness (QED) is 0.382. The van der Waals surface area contributed by atoms with Crippen molar-refractivity contribution in [2.24, 2.45) is 0 Å². The molecule has 2 atom stereocenters. The van der Waals surface area contributed by atoms with Crippen molar-refractivity contribution < 1.29 is 0 Å². The van der Waals surface area contributed by atoms with Gasteiger partial charge in [-0.3, -0.25) is 9.97 Å². The number of aryl methyl sites for hydroxylation is 1. The third-order valence-corrected chi connectivity index (χ3v) is 6.75. The second-order valence-corrected chi connectivity index (χ2v) is 8.68. The van der Waals surface area contributed by atoms with Crippen LogP contribution in [0.2, 0.25) is 0 Å². The van der Waals surface area contributed by atoms with Gasteiger partial charge in [-0.1, -0.05) is 22.0 Å². The van der Waals surface area contributed by atoms with E-state index in [1.165, 1.54) is 0 Å². The normalized spacial score (nSPS) is 18.3. The van der Waals surface area contributed by atoms with E-state index in [-0.39, 0.29) is 12.1 Å². The van der Waals surface area contributed by atoms with Crippen molar-refractivity contribution in [3.63, 3.8) is 0 Å². The van der Waals surface area contributed by atoms with E-state index in [1.807, 2.05) is 48.9 Å². The van der Waals surface area contributed by atoms with Crippen LogP contribution < -0.4 is 10.2 Å². The lowest BCUT2D eigenvalue weighted by atomic mass is 10.0. The van der Waals surface area contributed by atoms with Crippen LogP contribution in [0.25, 0.3) is 5.69 Å². The highest BCUT2D eigenvalue weighted by Crippen LogP contribution is 2.42. The lowest BCUT2D eigenvalue weighted by molar-refractivity contribution is 0.549. The van der Waals surface area contributed by atoms with Gasteiger partial charge >= 0.3 is 0 Å². The van der Waals surface area contributed by atoms with E-state index in [1.54, 1.807) is 0 Å². The minimum atomic E-state index is -0.0897. The Kier molecular flexibility index (Phi) is 5.29. The second-order valence-electron chi connectivity index (χ2n) is 7.44. The standard InChI is InChI=1S/C24H20BrN5S/c1-16-15-18(7-8-19(16)25)30-23(22(28-24(30)31)20-5-2-3-11-27-20)21-6-4-14-29(21)17-9-12-26-13-10-17/h2-15,22-23H,1H3,(H,28,31)/t22-,23-/m1/s1. The van der Waals surface area contributed by atoms with Gasteiger partial charge in [-0.05, 0) is 79.3 Å². The van der Waals surface area contributed by atoms with Crippen molar-refractivity contribution in [3.8, 4) is 5.69 Å². The smallest absolute Gasteiger partial charge is 0.174 e. The Balaban J connectivity index is 1.68. The Bertz CT molecular complexity index is 1230. The first-order chi connectivity index (χ1) is 15.1. The first-order valence-electron chi connectivity index (χ1n) is 9.98. The molecule has 4 aromatic rings. The summed E-state index contributed by atoms with van der Waals surface area (Å²) in [6.07, 6.45) is 7.52. The molecule has 1 aromatic carbocycles. The van der Waals surface area contributed by atoms with E-state index < -0.39 is 0 Å². The van der Waals surface area contributed by atoms with Crippen LogP contribution in [0, 0.1) is 6.92 Å². The number of thiocarbonyl (C=S) groups is 1. The van der Waals surface area contributed by atoms with Crippen molar-refractivity contribution in [1.29, 1.82) is 0 Å². The molecule has 1 fully saturated rings. The molecule has 1 saturated heterocycles. The van der Waals surface area contributed by atoms with Gasteiger partial charge in [-0.25, -0.2) is 0 Å². The Morgan fingerprint density at radius 1 is 0.968 bits per heavy atom. The summed E-state index contributed by atoms with van der Waals surface area (Å²) < 4.78 is 3.27. The summed E-state index contributed by atoms with van der Waals surface area (Å²) in [5, 5.41) is 4.21. The van der Waals surface area contributed by atoms with Crippen molar-refractivity contribution >= 4 is 38.9 Å². The van der Waals surface area contributed by atoms with E-state index in [9.17, 15) is 0 Å². The highest BCUT2D eigenvalue weighted by molar-refractivity contribution is 9.10. The Morgan fingerprint density at radius 2 is 1.81 bits per heavy atom. The van der Waals surface area contributed by atoms with Gasteiger partial charge in [0.2, 0.25) is 0 Å². The van der Waals surface area contributed by atoms with Crippen LogP contribution in [-0.2, 0) is 0 Å². The molecule has 31 heavy (non-hydrogen) atoms. The maximum atomic E-state index is 5.84. The molecule has 0 unspecified atom stereocenters. The average Bonchev–Trinajstić information content (AvgIpc) is 3.41. The number of rotatable bonds is 4. The van der Waals surface area contributed by atoms with Gasteiger partial charge in [0.25, 0.3) is 0 Å². The monoisotopic (exact) mass is 489 g/mol. The molecule has 0 radical (unpaired) electrons. The van der Waals surface area contributed by atoms with Crippen LogP contribution in [0.4, 0.5) is 5.69 Å². The summed E-state index contributed by atoms with van der Waals surface area (Å²) in [5.74, 6) is 0. The fourth-order valence-corrected chi connectivity index (χ4v) is 4.68. The van der Waals surface area contributed by atoms with E-state index in [0.717, 1.165) is 32.8 Å². The van der Waals surface area contributed by atoms with Gasteiger partial charge in [0.15, 0.2) is 5.11 Å². The molecule has 4 heterocycles. The lowest BCUT2D eigenvalue weighted by Gasteiger charge is -2.29. The molecule has 0 saturated carbocycles. The van der Waals surface area contributed by atoms with Gasteiger partial charge in [-0.15, -0.1) is 0 Å². The zero-order valence-electron chi connectivity index (χ0n) is 16.8. The predicted molar refractivity (Wildman–Crippen MR) is 130 cm³/mol. The molecule has 1 aliphatic rings. The number of benzene rings is 1. The first-order valence-corrected chi connectivity index (χ1v) is 11.2.